The van der Waals surface area contributed by atoms with Crippen molar-refractivity contribution in [2.75, 3.05) is 18.7 Å². The molecule has 0 spiro atoms. The third-order valence-corrected chi connectivity index (χ3v) is 5.25. The van der Waals surface area contributed by atoms with Crippen molar-refractivity contribution in [3.05, 3.63) is 52.5 Å². The molecule has 1 saturated heterocycles. The van der Waals surface area contributed by atoms with E-state index in [9.17, 15) is 27.6 Å². The molecule has 1 fully saturated rings. The number of anilines is 1. The van der Waals surface area contributed by atoms with Crippen LogP contribution in [0, 0.1) is 5.92 Å². The molecule has 12 heteroatoms. The number of rotatable bonds is 5. The van der Waals surface area contributed by atoms with Crippen LogP contribution in [0.15, 0.2) is 46.9 Å². The molecule has 0 radical (unpaired) electrons. The lowest BCUT2D eigenvalue weighted by Crippen LogP contribution is -2.46. The molecule has 1 atom stereocenters. The van der Waals surface area contributed by atoms with Crippen LogP contribution in [0.5, 0.6) is 0 Å². The maximum atomic E-state index is 12.9. The molecular weight excluding hydrogens is 455 g/mol. The molecule has 32 heavy (non-hydrogen) atoms. The second kappa shape index (κ2) is 8.30. The van der Waals surface area contributed by atoms with Gasteiger partial charge in [0.25, 0.3) is 0 Å². The summed E-state index contributed by atoms with van der Waals surface area (Å²) in [5.74, 6) is -1.08. The molecule has 1 aromatic carbocycles. The molecule has 3 aliphatic rings. The van der Waals surface area contributed by atoms with Gasteiger partial charge in [-0.05, 0) is 30.7 Å². The SMILES string of the molecule is O=C(CCCN1C(=O)N=C2C=C3OCOC3=CC2C1=O)Nc1ccc(Cl)c(C(F)(F)F)c1. The normalized spacial score (nSPS) is 19.8. The first-order valence-electron chi connectivity index (χ1n) is 9.43. The monoisotopic (exact) mass is 469 g/mol. The summed E-state index contributed by atoms with van der Waals surface area (Å²) >= 11 is 5.56. The number of urea groups is 1. The summed E-state index contributed by atoms with van der Waals surface area (Å²) in [6.07, 6.45) is -1.70. The van der Waals surface area contributed by atoms with E-state index in [0.29, 0.717) is 11.5 Å². The van der Waals surface area contributed by atoms with Gasteiger partial charge in [-0.3, -0.25) is 14.5 Å². The van der Waals surface area contributed by atoms with Crippen molar-refractivity contribution in [1.29, 1.82) is 0 Å². The van der Waals surface area contributed by atoms with Crippen molar-refractivity contribution >= 4 is 40.8 Å². The molecular formula is C20H15ClF3N3O5. The molecule has 4 rings (SSSR count). The van der Waals surface area contributed by atoms with Crippen LogP contribution in [0.3, 0.4) is 0 Å². The van der Waals surface area contributed by atoms with E-state index >= 15 is 0 Å². The van der Waals surface area contributed by atoms with Gasteiger partial charge in [-0.25, -0.2) is 4.79 Å². The van der Waals surface area contributed by atoms with E-state index < -0.39 is 40.5 Å². The number of ether oxygens (including phenoxy) is 2. The summed E-state index contributed by atoms with van der Waals surface area (Å²) in [6.45, 7) is -0.0688. The minimum Gasteiger partial charge on any atom is -0.454 e. The number of carbonyl (C=O) groups excluding carboxylic acids is 3. The zero-order valence-electron chi connectivity index (χ0n) is 16.2. The Morgan fingerprint density at radius 1 is 1.25 bits per heavy atom. The minimum absolute atomic E-state index is 0.0106. The molecule has 1 aromatic rings. The number of hydrogen-bond donors (Lipinski definition) is 1. The summed E-state index contributed by atoms with van der Waals surface area (Å²) < 4.78 is 49.3. The Bertz CT molecular complexity index is 1100. The number of nitrogens with one attached hydrogen (secondary N) is 1. The quantitative estimate of drug-likeness (QED) is 0.705. The number of halogens is 4. The number of aliphatic imine (C=N–C) groups is 1. The lowest BCUT2D eigenvalue weighted by atomic mass is 9.93. The number of hydrogen-bond acceptors (Lipinski definition) is 5. The maximum Gasteiger partial charge on any atom is 0.417 e. The average Bonchev–Trinajstić information content (AvgIpc) is 3.17. The highest BCUT2D eigenvalue weighted by molar-refractivity contribution is 6.31. The molecule has 1 N–H and O–H groups in total. The lowest BCUT2D eigenvalue weighted by Gasteiger charge is -2.28. The average molecular weight is 470 g/mol. The highest BCUT2D eigenvalue weighted by Gasteiger charge is 2.39. The van der Waals surface area contributed by atoms with E-state index in [2.05, 4.69) is 10.3 Å². The van der Waals surface area contributed by atoms with Gasteiger partial charge in [-0.2, -0.15) is 18.2 Å². The topological polar surface area (TPSA) is 97.3 Å². The molecule has 0 saturated carbocycles. The number of carbonyl (C=O) groups is 3. The van der Waals surface area contributed by atoms with Gasteiger partial charge in [0.15, 0.2) is 11.5 Å². The zero-order chi connectivity index (χ0) is 23.0. The molecule has 1 unspecified atom stereocenters. The summed E-state index contributed by atoms with van der Waals surface area (Å²) in [5.41, 5.74) is -0.881. The Labute approximate surface area is 184 Å². The number of nitrogens with zero attached hydrogens (tertiary/aromatic N) is 2. The van der Waals surface area contributed by atoms with Crippen LogP contribution in [-0.2, 0) is 25.2 Å². The maximum absolute atomic E-state index is 12.9. The smallest absolute Gasteiger partial charge is 0.417 e. The van der Waals surface area contributed by atoms with Gasteiger partial charge in [0, 0.05) is 24.7 Å². The fourth-order valence-corrected chi connectivity index (χ4v) is 3.61. The Balaban J connectivity index is 1.35. The molecule has 1 aliphatic carbocycles. The van der Waals surface area contributed by atoms with E-state index in [1.165, 1.54) is 18.2 Å². The van der Waals surface area contributed by atoms with E-state index in [-0.39, 0.29) is 37.6 Å². The highest BCUT2D eigenvalue weighted by Crippen LogP contribution is 2.36. The summed E-state index contributed by atoms with van der Waals surface area (Å²) in [5, 5.41) is 1.87. The number of fused-ring (bicyclic) bond motifs is 2. The first-order valence-corrected chi connectivity index (χ1v) is 9.81. The van der Waals surface area contributed by atoms with Crippen molar-refractivity contribution in [3.63, 3.8) is 0 Å². The van der Waals surface area contributed by atoms with Crippen molar-refractivity contribution < 1.29 is 37.0 Å². The Morgan fingerprint density at radius 2 is 2.00 bits per heavy atom. The highest BCUT2D eigenvalue weighted by atomic mass is 35.5. The Hall–Kier alpha value is -3.34. The van der Waals surface area contributed by atoms with E-state index in [1.807, 2.05) is 0 Å². The molecule has 0 bridgehead atoms. The predicted octanol–water partition coefficient (Wildman–Crippen LogP) is 3.88. The summed E-state index contributed by atoms with van der Waals surface area (Å²) in [4.78, 5) is 41.9. The number of benzene rings is 1. The first kappa shape index (κ1) is 21.9. The third kappa shape index (κ3) is 4.33. The van der Waals surface area contributed by atoms with Crippen LogP contribution in [0.25, 0.3) is 0 Å². The van der Waals surface area contributed by atoms with Gasteiger partial charge < -0.3 is 14.8 Å². The standard InChI is InChI=1S/C20H15ClF3N3O5/c21-13-4-3-10(6-12(13)20(22,23)24)25-17(28)2-1-5-27-18(29)11-7-15-16(32-9-31-15)8-14(11)26-19(27)30/h3-4,6-8,11H,1-2,5,9H2,(H,25,28). The van der Waals surface area contributed by atoms with Crippen molar-refractivity contribution in [3.8, 4) is 0 Å². The predicted molar refractivity (Wildman–Crippen MR) is 106 cm³/mol. The van der Waals surface area contributed by atoms with Crippen molar-refractivity contribution in [2.24, 2.45) is 10.9 Å². The van der Waals surface area contributed by atoms with Crippen LogP contribution in [-0.4, -0.2) is 41.8 Å². The second-order valence-corrected chi connectivity index (χ2v) is 7.48. The van der Waals surface area contributed by atoms with E-state index in [4.69, 9.17) is 21.1 Å². The van der Waals surface area contributed by atoms with Crippen LogP contribution in [0.4, 0.5) is 23.7 Å². The lowest BCUT2D eigenvalue weighted by molar-refractivity contribution is -0.137. The van der Waals surface area contributed by atoms with Gasteiger partial charge in [-0.1, -0.05) is 11.6 Å². The fourth-order valence-electron chi connectivity index (χ4n) is 3.38. The van der Waals surface area contributed by atoms with Crippen molar-refractivity contribution in [1.82, 2.24) is 4.90 Å². The number of amides is 4. The van der Waals surface area contributed by atoms with Gasteiger partial charge >= 0.3 is 12.2 Å². The van der Waals surface area contributed by atoms with Crippen LogP contribution in [0.2, 0.25) is 5.02 Å². The summed E-state index contributed by atoms with van der Waals surface area (Å²) in [7, 11) is 0. The van der Waals surface area contributed by atoms with Crippen molar-refractivity contribution in [2.45, 2.75) is 19.0 Å². The third-order valence-electron chi connectivity index (χ3n) is 4.92. The van der Waals surface area contributed by atoms with E-state index in [1.54, 1.807) is 0 Å². The largest absolute Gasteiger partial charge is 0.454 e. The first-order chi connectivity index (χ1) is 15.1. The molecule has 2 heterocycles. The minimum atomic E-state index is -4.66. The van der Waals surface area contributed by atoms with Gasteiger partial charge in [0.2, 0.25) is 18.6 Å². The van der Waals surface area contributed by atoms with Gasteiger partial charge in [0.05, 0.1) is 16.3 Å². The molecule has 8 nitrogen and oxygen atoms in total. The number of allylic oxidation sites excluding steroid dienone is 1. The summed E-state index contributed by atoms with van der Waals surface area (Å²) in [6, 6.07) is 2.26. The van der Waals surface area contributed by atoms with Crippen LogP contribution < -0.4 is 5.32 Å². The zero-order valence-corrected chi connectivity index (χ0v) is 17.0. The van der Waals surface area contributed by atoms with E-state index in [0.717, 1.165) is 17.0 Å². The Kier molecular flexibility index (Phi) is 5.68. The van der Waals surface area contributed by atoms with Gasteiger partial charge in [-0.15, -0.1) is 0 Å². The molecule has 0 aromatic heterocycles. The molecule has 2 aliphatic heterocycles. The van der Waals surface area contributed by atoms with Gasteiger partial charge in [0.1, 0.15) is 5.92 Å². The molecule has 4 amide bonds. The molecule has 168 valence electrons. The Morgan fingerprint density at radius 3 is 2.75 bits per heavy atom. The number of imide groups is 1. The fraction of sp³-hybridized carbons (Fsp3) is 0.300. The number of alkyl halides is 3. The second-order valence-electron chi connectivity index (χ2n) is 7.08. The van der Waals surface area contributed by atoms with Crippen LogP contribution in [0.1, 0.15) is 18.4 Å². The van der Waals surface area contributed by atoms with Crippen LogP contribution >= 0.6 is 11.6 Å².